The van der Waals surface area contributed by atoms with Crippen LogP contribution in [0.1, 0.15) is 82.8 Å². The summed E-state index contributed by atoms with van der Waals surface area (Å²) in [6.07, 6.45) is 0.668. The minimum atomic E-state index is -1.13. The molecule has 1 saturated heterocycles. The second-order valence-electron chi connectivity index (χ2n) is 13.5. The number of nitrogens with zero attached hydrogens (tertiary/aromatic N) is 5. The third-order valence-corrected chi connectivity index (χ3v) is 7.62. The van der Waals surface area contributed by atoms with Crippen LogP contribution in [0.5, 0.6) is 0 Å². The quantitative estimate of drug-likeness (QED) is 0.367. The first-order valence-electron chi connectivity index (χ1n) is 15.0. The van der Waals surface area contributed by atoms with E-state index in [2.05, 4.69) is 15.3 Å². The molecule has 1 saturated carbocycles. The van der Waals surface area contributed by atoms with E-state index in [1.165, 1.54) is 6.33 Å². The Kier molecular flexibility index (Phi) is 8.23. The summed E-state index contributed by atoms with van der Waals surface area (Å²) in [5.74, 6) is -0.304. The fourth-order valence-corrected chi connectivity index (χ4v) is 5.71. The minimum Gasteiger partial charge on any atom is -0.465 e. The first-order valence-corrected chi connectivity index (χ1v) is 15.0. The van der Waals surface area contributed by atoms with Gasteiger partial charge in [0.1, 0.15) is 23.2 Å². The Morgan fingerprint density at radius 3 is 2.04 bits per heavy atom. The fourth-order valence-electron chi connectivity index (χ4n) is 5.71. The number of likely N-dealkylation sites (tertiary alicyclic amines) is 1. The summed E-state index contributed by atoms with van der Waals surface area (Å²) in [5.41, 5.74) is 1.13. The number of ether oxygens (including phenoxy) is 2. The van der Waals surface area contributed by atoms with Crippen molar-refractivity contribution in [2.24, 2.45) is 7.05 Å². The van der Waals surface area contributed by atoms with Gasteiger partial charge < -0.3 is 29.4 Å². The van der Waals surface area contributed by atoms with Gasteiger partial charge in [-0.05, 0) is 78.5 Å². The molecule has 45 heavy (non-hydrogen) atoms. The summed E-state index contributed by atoms with van der Waals surface area (Å²) in [6.45, 7) is 11.6. The standard InChI is InChI=1S/C32H40N6O7/c1-31(2,3)44-29(42)38(30(43)45-32(4,5)6)26-23-22(18-10-12-19(13-11-18)27(39)37-14-8-9-15-37)24(20-16-21(20)35-28(40)41)36(7)25(23)33-17-34-26/h10-13,17,20-21,35H,8-9,14-16H2,1-7H3,(H,40,41). The first-order chi connectivity index (χ1) is 21.1. The number of carboxylic acid groups (broad SMARTS) is 1. The number of carbonyl (C=O) groups excluding carboxylic acids is 3. The SMILES string of the molecule is Cn1c(C2CC2NC(=O)O)c(-c2ccc(C(=O)N3CCCC3)cc2)c2c(N(C(=O)OC(C)(C)C)C(=O)OC(C)(C)C)ncnc21. The van der Waals surface area contributed by atoms with E-state index < -0.39 is 29.5 Å². The molecule has 240 valence electrons. The average Bonchev–Trinajstić information content (AvgIpc) is 3.32. The molecule has 13 nitrogen and oxygen atoms in total. The predicted molar refractivity (Wildman–Crippen MR) is 166 cm³/mol. The lowest BCUT2D eigenvalue weighted by molar-refractivity contribution is 0.0429. The largest absolute Gasteiger partial charge is 0.465 e. The van der Waals surface area contributed by atoms with Crippen LogP contribution < -0.4 is 10.2 Å². The molecule has 2 aromatic heterocycles. The van der Waals surface area contributed by atoms with Crippen LogP contribution in [0.15, 0.2) is 30.6 Å². The van der Waals surface area contributed by atoms with E-state index in [-0.39, 0.29) is 23.7 Å². The normalized spacial score (nSPS) is 18.1. The van der Waals surface area contributed by atoms with Crippen LogP contribution in [0, 0.1) is 0 Å². The van der Waals surface area contributed by atoms with E-state index in [4.69, 9.17) is 9.47 Å². The van der Waals surface area contributed by atoms with E-state index in [1.54, 1.807) is 60.7 Å². The van der Waals surface area contributed by atoms with E-state index in [9.17, 15) is 24.3 Å². The molecule has 1 aromatic carbocycles. The Morgan fingerprint density at radius 1 is 0.933 bits per heavy atom. The molecule has 2 N–H and O–H groups in total. The number of hydrogen-bond donors (Lipinski definition) is 2. The van der Waals surface area contributed by atoms with Crippen LogP contribution in [-0.4, -0.2) is 79.1 Å². The van der Waals surface area contributed by atoms with Crippen molar-refractivity contribution in [2.75, 3.05) is 18.0 Å². The summed E-state index contributed by atoms with van der Waals surface area (Å²) < 4.78 is 13.1. The summed E-state index contributed by atoms with van der Waals surface area (Å²) in [7, 11) is 1.80. The zero-order chi connectivity index (χ0) is 32.8. The van der Waals surface area contributed by atoms with Gasteiger partial charge in [-0.2, -0.15) is 4.90 Å². The third-order valence-electron chi connectivity index (χ3n) is 7.62. The van der Waals surface area contributed by atoms with Gasteiger partial charge in [0.2, 0.25) is 0 Å². The van der Waals surface area contributed by atoms with Crippen LogP contribution in [0.3, 0.4) is 0 Å². The van der Waals surface area contributed by atoms with Gasteiger partial charge in [0.25, 0.3) is 5.91 Å². The van der Waals surface area contributed by atoms with Crippen molar-refractivity contribution in [1.82, 2.24) is 24.8 Å². The average molecular weight is 621 g/mol. The smallest absolute Gasteiger partial charge is 0.425 e. The van der Waals surface area contributed by atoms with Crippen molar-refractivity contribution in [1.29, 1.82) is 0 Å². The number of imide groups is 1. The predicted octanol–water partition coefficient (Wildman–Crippen LogP) is 5.67. The van der Waals surface area contributed by atoms with Crippen LogP contribution >= 0.6 is 0 Å². The van der Waals surface area contributed by atoms with Gasteiger partial charge >= 0.3 is 18.3 Å². The van der Waals surface area contributed by atoms with Crippen molar-refractivity contribution < 1.29 is 33.8 Å². The maximum Gasteiger partial charge on any atom is 0.425 e. The Hall–Kier alpha value is -4.68. The van der Waals surface area contributed by atoms with Gasteiger partial charge in [-0.15, -0.1) is 0 Å². The number of fused-ring (bicyclic) bond motifs is 1. The van der Waals surface area contributed by atoms with E-state index in [0.29, 0.717) is 34.1 Å². The van der Waals surface area contributed by atoms with Crippen molar-refractivity contribution >= 4 is 41.0 Å². The molecular weight excluding hydrogens is 580 g/mol. The van der Waals surface area contributed by atoms with E-state index >= 15 is 0 Å². The molecule has 3 heterocycles. The lowest BCUT2D eigenvalue weighted by atomic mass is 9.98. The fraction of sp³-hybridized carbons (Fsp3) is 0.500. The number of carbonyl (C=O) groups is 4. The lowest BCUT2D eigenvalue weighted by Crippen LogP contribution is -2.44. The highest BCUT2D eigenvalue weighted by molar-refractivity contribution is 6.16. The Morgan fingerprint density at radius 2 is 1.51 bits per heavy atom. The molecule has 3 aromatic rings. The number of nitrogens with one attached hydrogen (secondary N) is 1. The van der Waals surface area contributed by atoms with Crippen molar-refractivity contribution in [3.8, 4) is 11.1 Å². The molecule has 5 rings (SSSR count). The maximum atomic E-state index is 13.7. The van der Waals surface area contributed by atoms with Crippen LogP contribution in [0.2, 0.25) is 0 Å². The Labute approximate surface area is 261 Å². The van der Waals surface area contributed by atoms with E-state index in [1.807, 2.05) is 21.6 Å². The Bertz CT molecular complexity index is 1620. The highest BCUT2D eigenvalue weighted by Crippen LogP contribution is 2.49. The molecular formula is C32H40N6O7. The van der Waals surface area contributed by atoms with Crippen LogP contribution in [0.4, 0.5) is 20.2 Å². The second-order valence-corrected chi connectivity index (χ2v) is 13.5. The molecule has 2 atom stereocenters. The molecule has 2 unspecified atom stereocenters. The van der Waals surface area contributed by atoms with Crippen molar-refractivity contribution in [2.45, 2.75) is 84.0 Å². The van der Waals surface area contributed by atoms with Gasteiger partial charge in [0, 0.05) is 48.9 Å². The van der Waals surface area contributed by atoms with Gasteiger partial charge in [-0.3, -0.25) is 4.79 Å². The summed E-state index contributed by atoms with van der Waals surface area (Å²) in [5, 5.41) is 12.3. The van der Waals surface area contributed by atoms with Gasteiger partial charge in [0.15, 0.2) is 5.82 Å². The Balaban J connectivity index is 1.71. The molecule has 0 spiro atoms. The number of rotatable bonds is 5. The van der Waals surface area contributed by atoms with Gasteiger partial charge in [-0.1, -0.05) is 12.1 Å². The zero-order valence-corrected chi connectivity index (χ0v) is 26.7. The lowest BCUT2D eigenvalue weighted by Gasteiger charge is -2.28. The minimum absolute atomic E-state index is 0.0408. The van der Waals surface area contributed by atoms with Crippen LogP contribution in [-0.2, 0) is 16.5 Å². The van der Waals surface area contributed by atoms with Gasteiger partial charge in [-0.25, -0.2) is 24.4 Å². The van der Waals surface area contributed by atoms with Crippen molar-refractivity contribution in [3.63, 3.8) is 0 Å². The molecule has 1 aliphatic heterocycles. The van der Waals surface area contributed by atoms with Gasteiger partial charge in [0.05, 0.1) is 5.39 Å². The molecule has 0 bridgehead atoms. The summed E-state index contributed by atoms with van der Waals surface area (Å²) >= 11 is 0. The van der Waals surface area contributed by atoms with E-state index in [0.717, 1.165) is 36.5 Å². The molecule has 13 heteroatoms. The molecule has 0 radical (unpaired) electrons. The number of aryl methyl sites for hydroxylation is 1. The molecule has 1 aliphatic carbocycles. The number of hydrogen-bond acceptors (Lipinski definition) is 8. The number of anilines is 1. The highest BCUT2D eigenvalue weighted by Gasteiger charge is 2.45. The topological polar surface area (TPSA) is 156 Å². The molecule has 2 fully saturated rings. The zero-order valence-electron chi connectivity index (χ0n) is 26.7. The summed E-state index contributed by atoms with van der Waals surface area (Å²) in [4.78, 5) is 63.4. The molecule has 2 aliphatic rings. The first kappa shape index (κ1) is 31.7. The second kappa shape index (κ2) is 11.7. The number of aromatic nitrogens is 3. The molecule has 4 amide bonds. The van der Waals surface area contributed by atoms with Crippen molar-refractivity contribution in [3.05, 3.63) is 41.9 Å². The number of amides is 4. The van der Waals surface area contributed by atoms with Crippen LogP contribution in [0.25, 0.3) is 22.2 Å². The summed E-state index contributed by atoms with van der Waals surface area (Å²) in [6, 6.07) is 6.78. The maximum absolute atomic E-state index is 13.7. The number of benzene rings is 1. The monoisotopic (exact) mass is 620 g/mol. The highest BCUT2D eigenvalue weighted by atomic mass is 16.6. The third kappa shape index (κ3) is 6.71.